The Kier molecular flexibility index (Phi) is 7.67. The van der Waals surface area contributed by atoms with Gasteiger partial charge in [0, 0.05) is 20.1 Å². The first-order valence-electron chi connectivity index (χ1n) is 9.23. The molecule has 7 nitrogen and oxygen atoms in total. The summed E-state index contributed by atoms with van der Waals surface area (Å²) in [6, 6.07) is 4.01. The quantitative estimate of drug-likeness (QED) is 0.666. The molecule has 1 aliphatic rings. The first-order chi connectivity index (χ1) is 13.8. The second-order valence-corrected chi connectivity index (χ2v) is 6.79. The molecule has 0 spiro atoms. The van der Waals surface area contributed by atoms with Crippen molar-refractivity contribution >= 4 is 17.7 Å². The molecule has 0 saturated carbocycles. The fourth-order valence-corrected chi connectivity index (χ4v) is 3.22. The number of carbonyl (C=O) groups excluding carboxylic acids is 3. The van der Waals surface area contributed by atoms with Gasteiger partial charge in [-0.25, -0.2) is 4.39 Å². The maximum absolute atomic E-state index is 13.7. The number of morpholine rings is 1. The SMILES string of the molecule is C=CCN(CC=C)C(=O)C(C)NC(=O)C1OCC(=O)N(C)C1c1cccc(F)c1. The van der Waals surface area contributed by atoms with Crippen molar-refractivity contribution < 1.29 is 23.5 Å². The first-order valence-corrected chi connectivity index (χ1v) is 9.23. The predicted molar refractivity (Wildman–Crippen MR) is 106 cm³/mol. The van der Waals surface area contributed by atoms with E-state index in [0.29, 0.717) is 18.7 Å². The van der Waals surface area contributed by atoms with E-state index in [9.17, 15) is 18.8 Å². The summed E-state index contributed by atoms with van der Waals surface area (Å²) in [5, 5.41) is 2.64. The Labute approximate surface area is 169 Å². The largest absolute Gasteiger partial charge is 0.356 e. The second kappa shape index (κ2) is 9.97. The van der Waals surface area contributed by atoms with E-state index in [-0.39, 0.29) is 18.4 Å². The number of amides is 3. The highest BCUT2D eigenvalue weighted by Crippen LogP contribution is 2.29. The van der Waals surface area contributed by atoms with Crippen molar-refractivity contribution in [1.29, 1.82) is 0 Å². The Balaban J connectivity index is 2.20. The summed E-state index contributed by atoms with van der Waals surface area (Å²) in [5.74, 6) is -1.67. The zero-order chi connectivity index (χ0) is 21.6. The van der Waals surface area contributed by atoms with Gasteiger partial charge in [0.05, 0.1) is 6.04 Å². The van der Waals surface area contributed by atoms with Gasteiger partial charge in [0.1, 0.15) is 18.5 Å². The molecule has 0 bridgehead atoms. The van der Waals surface area contributed by atoms with Gasteiger partial charge in [0.25, 0.3) is 5.91 Å². The number of nitrogens with zero attached hydrogens (tertiary/aromatic N) is 2. The number of benzene rings is 1. The predicted octanol–water partition coefficient (Wildman–Crippen LogP) is 1.43. The van der Waals surface area contributed by atoms with Crippen LogP contribution in [0.4, 0.5) is 4.39 Å². The summed E-state index contributed by atoms with van der Waals surface area (Å²) in [7, 11) is 1.53. The van der Waals surface area contributed by atoms with Gasteiger partial charge in [-0.2, -0.15) is 0 Å². The molecule has 3 atom stereocenters. The van der Waals surface area contributed by atoms with Gasteiger partial charge >= 0.3 is 0 Å². The van der Waals surface area contributed by atoms with Crippen molar-refractivity contribution in [2.24, 2.45) is 0 Å². The number of likely N-dealkylation sites (N-methyl/N-ethyl adjacent to an activating group) is 1. The molecule has 0 aliphatic carbocycles. The molecule has 1 N–H and O–H groups in total. The molecular weight excluding hydrogens is 377 g/mol. The molecule has 3 amide bonds. The van der Waals surface area contributed by atoms with Crippen LogP contribution >= 0.6 is 0 Å². The molecule has 1 fully saturated rings. The Morgan fingerprint density at radius 3 is 2.62 bits per heavy atom. The summed E-state index contributed by atoms with van der Waals surface area (Å²) < 4.78 is 19.2. The van der Waals surface area contributed by atoms with Crippen molar-refractivity contribution in [3.05, 3.63) is 61.0 Å². The zero-order valence-corrected chi connectivity index (χ0v) is 16.6. The van der Waals surface area contributed by atoms with E-state index < -0.39 is 29.9 Å². The monoisotopic (exact) mass is 403 g/mol. The second-order valence-electron chi connectivity index (χ2n) is 6.79. The van der Waals surface area contributed by atoms with Crippen molar-refractivity contribution in [2.75, 3.05) is 26.7 Å². The molecular formula is C21H26FN3O4. The minimum Gasteiger partial charge on any atom is -0.356 e. The highest BCUT2D eigenvalue weighted by Gasteiger charge is 2.41. The summed E-state index contributed by atoms with van der Waals surface area (Å²) in [5.41, 5.74) is 0.430. The van der Waals surface area contributed by atoms with Crippen LogP contribution in [0.2, 0.25) is 0 Å². The van der Waals surface area contributed by atoms with Gasteiger partial charge in [-0.3, -0.25) is 14.4 Å². The fraction of sp³-hybridized carbons (Fsp3) is 0.381. The molecule has 1 aromatic carbocycles. The molecule has 1 heterocycles. The molecule has 0 aromatic heterocycles. The van der Waals surface area contributed by atoms with Crippen LogP contribution in [0.15, 0.2) is 49.6 Å². The van der Waals surface area contributed by atoms with E-state index in [1.165, 1.54) is 35.0 Å². The van der Waals surface area contributed by atoms with Crippen LogP contribution in [0.3, 0.4) is 0 Å². The van der Waals surface area contributed by atoms with Crippen LogP contribution in [0.1, 0.15) is 18.5 Å². The minimum atomic E-state index is -1.08. The van der Waals surface area contributed by atoms with Gasteiger partial charge in [0.2, 0.25) is 11.8 Å². The highest BCUT2D eigenvalue weighted by atomic mass is 19.1. The maximum Gasteiger partial charge on any atom is 0.252 e. The van der Waals surface area contributed by atoms with E-state index in [0.717, 1.165) is 0 Å². The van der Waals surface area contributed by atoms with Crippen LogP contribution in [-0.2, 0) is 19.1 Å². The molecule has 3 unspecified atom stereocenters. The first kappa shape index (κ1) is 22.3. The van der Waals surface area contributed by atoms with E-state index >= 15 is 0 Å². The number of ether oxygens (including phenoxy) is 1. The van der Waals surface area contributed by atoms with Gasteiger partial charge in [-0.1, -0.05) is 24.3 Å². The number of hydrogen-bond acceptors (Lipinski definition) is 4. The molecule has 1 aromatic rings. The van der Waals surface area contributed by atoms with E-state index in [1.807, 2.05) is 0 Å². The van der Waals surface area contributed by atoms with E-state index in [2.05, 4.69) is 18.5 Å². The molecule has 1 saturated heterocycles. The summed E-state index contributed by atoms with van der Waals surface area (Å²) >= 11 is 0. The van der Waals surface area contributed by atoms with Crippen molar-refractivity contribution in [3.63, 3.8) is 0 Å². The average Bonchev–Trinajstić information content (AvgIpc) is 2.69. The van der Waals surface area contributed by atoms with Gasteiger partial charge < -0.3 is 19.9 Å². The smallest absolute Gasteiger partial charge is 0.252 e. The zero-order valence-electron chi connectivity index (χ0n) is 16.6. The Morgan fingerprint density at radius 2 is 2.03 bits per heavy atom. The van der Waals surface area contributed by atoms with Crippen LogP contribution in [0.25, 0.3) is 0 Å². The Hall–Kier alpha value is -3.00. The summed E-state index contributed by atoms with van der Waals surface area (Å²) in [6.07, 6.45) is 2.09. The van der Waals surface area contributed by atoms with Crippen LogP contribution in [-0.4, -0.2) is 66.4 Å². The standard InChI is InChI=1S/C21H26FN3O4/c1-5-10-25(11-6-2)21(28)14(3)23-20(27)19-18(24(4)17(26)13-29-19)15-8-7-9-16(22)12-15/h5-9,12,14,18-19H,1-2,10-11,13H2,3-4H3,(H,23,27). The van der Waals surface area contributed by atoms with Gasteiger partial charge in [-0.05, 0) is 24.6 Å². The lowest BCUT2D eigenvalue weighted by Gasteiger charge is -2.38. The average molecular weight is 403 g/mol. The number of carbonyl (C=O) groups is 3. The third kappa shape index (κ3) is 5.29. The molecule has 2 rings (SSSR count). The number of halogens is 1. The Bertz CT molecular complexity index is 788. The van der Waals surface area contributed by atoms with Crippen molar-refractivity contribution in [2.45, 2.75) is 25.1 Å². The minimum absolute atomic E-state index is 0.276. The van der Waals surface area contributed by atoms with Crippen molar-refractivity contribution in [1.82, 2.24) is 15.1 Å². The number of hydrogen-bond donors (Lipinski definition) is 1. The molecule has 8 heteroatoms. The third-order valence-corrected chi connectivity index (χ3v) is 4.67. The summed E-state index contributed by atoms with van der Waals surface area (Å²) in [6.45, 7) is 9.16. The summed E-state index contributed by atoms with van der Waals surface area (Å²) in [4.78, 5) is 40.4. The maximum atomic E-state index is 13.7. The number of rotatable bonds is 8. The normalized spacial score (nSPS) is 20.0. The van der Waals surface area contributed by atoms with Crippen molar-refractivity contribution in [3.8, 4) is 0 Å². The van der Waals surface area contributed by atoms with Gasteiger partial charge in [0.15, 0.2) is 6.10 Å². The third-order valence-electron chi connectivity index (χ3n) is 4.67. The Morgan fingerprint density at radius 1 is 1.38 bits per heavy atom. The highest BCUT2D eigenvalue weighted by molar-refractivity contribution is 5.91. The lowest BCUT2D eigenvalue weighted by Crippen LogP contribution is -2.56. The van der Waals surface area contributed by atoms with Crippen LogP contribution < -0.4 is 5.32 Å². The lowest BCUT2D eigenvalue weighted by molar-refractivity contribution is -0.163. The van der Waals surface area contributed by atoms with Crippen LogP contribution in [0, 0.1) is 5.82 Å². The molecule has 156 valence electrons. The van der Waals surface area contributed by atoms with Gasteiger partial charge in [-0.15, -0.1) is 13.2 Å². The lowest BCUT2D eigenvalue weighted by atomic mass is 9.97. The molecule has 0 radical (unpaired) electrons. The molecule has 29 heavy (non-hydrogen) atoms. The van der Waals surface area contributed by atoms with E-state index in [1.54, 1.807) is 25.1 Å². The molecule has 1 aliphatic heterocycles. The number of nitrogens with one attached hydrogen (secondary N) is 1. The fourth-order valence-electron chi connectivity index (χ4n) is 3.22. The van der Waals surface area contributed by atoms with E-state index in [4.69, 9.17) is 4.74 Å². The topological polar surface area (TPSA) is 79.0 Å². The van der Waals surface area contributed by atoms with Crippen LogP contribution in [0.5, 0.6) is 0 Å².